The second-order valence-electron chi connectivity index (χ2n) is 1.37. The molecule has 5 heteroatoms. The van der Waals surface area contributed by atoms with E-state index in [1.165, 1.54) is 11.3 Å². The average molecular weight is 162 g/mol. The molecule has 0 aliphatic heterocycles. The lowest BCUT2D eigenvalue weighted by Gasteiger charge is -1.80. The van der Waals surface area contributed by atoms with E-state index in [4.69, 9.17) is 10.3 Å². The molecule has 1 rings (SSSR count). The fourth-order valence-electron chi connectivity index (χ4n) is 0.430. The summed E-state index contributed by atoms with van der Waals surface area (Å²) in [5.41, 5.74) is 5.27. The van der Waals surface area contributed by atoms with Crippen LogP contribution >= 0.6 is 23.4 Å². The lowest BCUT2D eigenvalue weighted by atomic mass is 10.7. The Hall–Kier alpha value is -0.100. The van der Waals surface area contributed by atoms with Gasteiger partial charge in [-0.1, -0.05) is 0 Å². The van der Waals surface area contributed by atoms with Gasteiger partial charge in [0.1, 0.15) is 9.22 Å². The highest BCUT2D eigenvalue weighted by Gasteiger charge is 1.97. The van der Waals surface area contributed by atoms with Crippen molar-refractivity contribution in [2.75, 3.05) is 0 Å². The van der Waals surface area contributed by atoms with Crippen molar-refractivity contribution in [3.63, 3.8) is 0 Å². The van der Waals surface area contributed by atoms with E-state index in [2.05, 4.69) is 4.98 Å². The zero-order valence-corrected chi connectivity index (χ0v) is 6.21. The zero-order valence-electron chi connectivity index (χ0n) is 4.57. The van der Waals surface area contributed by atoms with Gasteiger partial charge < -0.3 is 10.3 Å². The highest BCUT2D eigenvalue weighted by atomic mass is 32.2. The second-order valence-corrected chi connectivity index (χ2v) is 3.36. The van der Waals surface area contributed by atoms with Crippen molar-refractivity contribution < 1.29 is 4.55 Å². The third-order valence-electron chi connectivity index (χ3n) is 0.797. The highest BCUT2D eigenvalue weighted by Crippen LogP contribution is 2.21. The van der Waals surface area contributed by atoms with Crippen LogP contribution in [0.2, 0.25) is 0 Å². The highest BCUT2D eigenvalue weighted by molar-refractivity contribution is 7.95. The molecule has 1 aromatic rings. The van der Waals surface area contributed by atoms with Crippen LogP contribution in [0.3, 0.4) is 0 Å². The van der Waals surface area contributed by atoms with Gasteiger partial charge in [0.15, 0.2) is 0 Å². The fraction of sp³-hybridized carbons (Fsp3) is 0.250. The van der Waals surface area contributed by atoms with Crippen LogP contribution in [0, 0.1) is 0 Å². The summed E-state index contributed by atoms with van der Waals surface area (Å²) in [5, 5.41) is 0.853. The summed E-state index contributed by atoms with van der Waals surface area (Å²) < 4.78 is 9.28. The molecule has 0 bridgehead atoms. The molecule has 0 fully saturated rings. The Kier molecular flexibility index (Phi) is 2.47. The third kappa shape index (κ3) is 1.65. The molecule has 0 spiro atoms. The van der Waals surface area contributed by atoms with E-state index in [1.54, 1.807) is 6.20 Å². The number of nitrogens with two attached hydrogens (primary N) is 1. The first-order valence-corrected chi connectivity index (χ1v) is 3.92. The Morgan fingerprint density at radius 3 is 3.00 bits per heavy atom. The van der Waals surface area contributed by atoms with Crippen molar-refractivity contribution in [2.45, 2.75) is 10.8 Å². The van der Waals surface area contributed by atoms with Crippen LogP contribution in [0.1, 0.15) is 5.01 Å². The molecule has 0 aliphatic carbocycles. The molecule has 0 atom stereocenters. The van der Waals surface area contributed by atoms with Crippen LogP contribution in [0.5, 0.6) is 0 Å². The topological polar surface area (TPSA) is 59.1 Å². The Labute approximate surface area is 61.1 Å². The predicted molar refractivity (Wildman–Crippen MR) is 38.5 cm³/mol. The van der Waals surface area contributed by atoms with Crippen LogP contribution < -0.4 is 5.73 Å². The molecular weight excluding hydrogens is 156 g/mol. The molecule has 0 saturated carbocycles. The van der Waals surface area contributed by atoms with Gasteiger partial charge in [-0.25, -0.2) is 4.98 Å². The Bertz CT molecular complexity index is 170. The molecule has 0 radical (unpaired) electrons. The molecule has 0 unspecified atom stereocenters. The van der Waals surface area contributed by atoms with Crippen molar-refractivity contribution in [3.8, 4) is 0 Å². The van der Waals surface area contributed by atoms with Crippen molar-refractivity contribution in [1.82, 2.24) is 4.98 Å². The lowest BCUT2D eigenvalue weighted by Crippen LogP contribution is -1.93. The minimum absolute atomic E-state index is 0.450. The van der Waals surface area contributed by atoms with Gasteiger partial charge in [0.2, 0.25) is 0 Å². The lowest BCUT2D eigenvalue weighted by molar-refractivity contribution is 0.665. The number of hydrogen-bond acceptors (Lipinski definition) is 5. The Morgan fingerprint density at radius 1 is 1.89 bits per heavy atom. The first kappa shape index (κ1) is 7.01. The maximum atomic E-state index is 8.49. The van der Waals surface area contributed by atoms with E-state index in [1.807, 2.05) is 0 Å². The molecule has 3 nitrogen and oxygen atoms in total. The van der Waals surface area contributed by atoms with Crippen molar-refractivity contribution in [1.29, 1.82) is 0 Å². The quantitative estimate of drug-likeness (QED) is 0.641. The molecular formula is C4H6N2OS2. The fourth-order valence-corrected chi connectivity index (χ4v) is 1.49. The number of hydrogen-bond donors (Lipinski definition) is 2. The molecule has 1 heterocycles. The van der Waals surface area contributed by atoms with E-state index in [0.29, 0.717) is 18.6 Å². The van der Waals surface area contributed by atoms with Crippen LogP contribution in [0.25, 0.3) is 0 Å². The first-order chi connectivity index (χ1) is 4.36. The van der Waals surface area contributed by atoms with Crippen LogP contribution in [0.15, 0.2) is 10.4 Å². The van der Waals surface area contributed by atoms with Crippen LogP contribution in [-0.4, -0.2) is 9.54 Å². The average Bonchev–Trinajstić information content (AvgIpc) is 2.34. The van der Waals surface area contributed by atoms with Crippen molar-refractivity contribution in [3.05, 3.63) is 11.2 Å². The van der Waals surface area contributed by atoms with Gasteiger partial charge in [0.25, 0.3) is 0 Å². The smallest absolute Gasteiger partial charge is 0.107 e. The molecule has 9 heavy (non-hydrogen) atoms. The third-order valence-corrected chi connectivity index (χ3v) is 2.37. The van der Waals surface area contributed by atoms with E-state index < -0.39 is 0 Å². The predicted octanol–water partition coefficient (Wildman–Crippen LogP) is 1.17. The van der Waals surface area contributed by atoms with Crippen LogP contribution in [-0.2, 0) is 6.54 Å². The first-order valence-electron chi connectivity index (χ1n) is 2.33. The largest absolute Gasteiger partial charge is 0.325 e. The molecule has 0 aliphatic rings. The number of aromatic nitrogens is 1. The van der Waals surface area contributed by atoms with Crippen molar-refractivity contribution >= 4 is 23.4 Å². The van der Waals surface area contributed by atoms with Gasteiger partial charge in [0, 0.05) is 18.6 Å². The van der Waals surface area contributed by atoms with Gasteiger partial charge >= 0.3 is 0 Å². The summed E-state index contributed by atoms with van der Waals surface area (Å²) in [4.78, 5) is 3.92. The minimum atomic E-state index is 0.450. The Balaban J connectivity index is 2.74. The summed E-state index contributed by atoms with van der Waals surface area (Å²) in [6, 6.07) is 0. The van der Waals surface area contributed by atoms with Gasteiger partial charge in [-0.15, -0.1) is 11.3 Å². The standard InChI is InChI=1S/C4H6N2OS2/c5-1-3-6-2-4(8-3)9-7/h2,7H,1,5H2. The second kappa shape index (κ2) is 3.17. The minimum Gasteiger partial charge on any atom is -0.325 e. The van der Waals surface area contributed by atoms with Gasteiger partial charge in [-0.2, -0.15) is 0 Å². The maximum absolute atomic E-state index is 8.49. The molecule has 3 N–H and O–H groups in total. The van der Waals surface area contributed by atoms with E-state index in [9.17, 15) is 0 Å². The monoisotopic (exact) mass is 162 g/mol. The normalized spacial score (nSPS) is 10.0. The number of nitrogens with zero attached hydrogens (tertiary/aromatic N) is 1. The molecule has 50 valence electrons. The van der Waals surface area contributed by atoms with Crippen molar-refractivity contribution in [2.24, 2.45) is 5.73 Å². The summed E-state index contributed by atoms with van der Waals surface area (Å²) in [7, 11) is 0. The van der Waals surface area contributed by atoms with Crippen LogP contribution in [0.4, 0.5) is 0 Å². The van der Waals surface area contributed by atoms with E-state index in [0.717, 1.165) is 9.22 Å². The van der Waals surface area contributed by atoms with Gasteiger partial charge in [0.05, 0.1) is 6.20 Å². The van der Waals surface area contributed by atoms with Gasteiger partial charge in [-0.05, 0) is 0 Å². The summed E-state index contributed by atoms with van der Waals surface area (Å²) in [5.74, 6) is 0. The molecule has 0 aromatic carbocycles. The zero-order chi connectivity index (χ0) is 6.69. The van der Waals surface area contributed by atoms with E-state index in [-0.39, 0.29) is 0 Å². The maximum Gasteiger partial charge on any atom is 0.107 e. The number of thiazole rings is 1. The van der Waals surface area contributed by atoms with Gasteiger partial charge in [-0.3, -0.25) is 0 Å². The summed E-state index contributed by atoms with van der Waals surface area (Å²) in [6.07, 6.45) is 1.61. The number of rotatable bonds is 2. The Morgan fingerprint density at radius 2 is 2.67 bits per heavy atom. The molecule has 1 aromatic heterocycles. The molecule has 0 saturated heterocycles. The SMILES string of the molecule is NCc1ncc(SO)s1. The molecule has 0 amide bonds. The summed E-state index contributed by atoms with van der Waals surface area (Å²) >= 11 is 2.12. The summed E-state index contributed by atoms with van der Waals surface area (Å²) in [6.45, 7) is 0.450. The van der Waals surface area contributed by atoms with E-state index >= 15 is 0 Å².